The lowest BCUT2D eigenvalue weighted by atomic mass is 10.3. The van der Waals surface area contributed by atoms with Crippen LogP contribution in [0, 0.1) is 0 Å². The van der Waals surface area contributed by atoms with Crippen LogP contribution in [0.2, 0.25) is 10.0 Å². The molecule has 1 atom stereocenters. The van der Waals surface area contributed by atoms with Gasteiger partial charge < -0.3 is 9.73 Å². The molecule has 90 valence electrons. The molecule has 1 aromatic carbocycles. The zero-order valence-corrected chi connectivity index (χ0v) is 11.0. The Balaban J connectivity index is 2.22. The van der Waals surface area contributed by atoms with Crippen LogP contribution in [-0.2, 0) is 0 Å². The smallest absolute Gasteiger partial charge is 0.320 e. The summed E-state index contributed by atoms with van der Waals surface area (Å²) in [5, 5.41) is 10.9. The summed E-state index contributed by atoms with van der Waals surface area (Å²) in [4.78, 5) is 0. The van der Waals surface area contributed by atoms with Crippen LogP contribution in [-0.4, -0.2) is 10.2 Å². The highest BCUT2D eigenvalue weighted by Gasteiger charge is 2.12. The van der Waals surface area contributed by atoms with Crippen LogP contribution in [0.1, 0.15) is 18.2 Å². The fraction of sp³-hybridized carbons (Fsp3) is 0.200. The van der Waals surface area contributed by atoms with Crippen molar-refractivity contribution in [2.45, 2.75) is 12.3 Å². The van der Waals surface area contributed by atoms with Crippen LogP contribution >= 0.6 is 34.8 Å². The van der Waals surface area contributed by atoms with E-state index in [4.69, 9.17) is 39.2 Å². The molecular weight excluding hydrogens is 284 g/mol. The number of aromatic nitrogens is 2. The molecule has 1 heterocycles. The molecule has 0 amide bonds. The number of anilines is 2. The number of nitrogens with zero attached hydrogens (tertiary/aromatic N) is 2. The minimum absolute atomic E-state index is 0.219. The van der Waals surface area contributed by atoms with E-state index in [9.17, 15) is 0 Å². The molecular formula is C10H8Cl3N3O. The van der Waals surface area contributed by atoms with Gasteiger partial charge in [0, 0.05) is 0 Å². The summed E-state index contributed by atoms with van der Waals surface area (Å²) < 4.78 is 5.28. The van der Waals surface area contributed by atoms with Gasteiger partial charge in [0.1, 0.15) is 5.38 Å². The van der Waals surface area contributed by atoms with Gasteiger partial charge in [-0.2, -0.15) is 0 Å². The summed E-state index contributed by atoms with van der Waals surface area (Å²) in [6, 6.07) is 5.42. The lowest BCUT2D eigenvalue weighted by molar-refractivity contribution is 0.510. The molecule has 0 spiro atoms. The van der Waals surface area contributed by atoms with Crippen molar-refractivity contribution in [3.63, 3.8) is 0 Å². The lowest BCUT2D eigenvalue weighted by Gasteiger charge is -2.04. The molecule has 0 aliphatic carbocycles. The fourth-order valence-electron chi connectivity index (χ4n) is 1.16. The van der Waals surface area contributed by atoms with Gasteiger partial charge in [-0.05, 0) is 19.1 Å². The van der Waals surface area contributed by atoms with Gasteiger partial charge in [0.2, 0.25) is 5.89 Å². The largest absolute Gasteiger partial charge is 0.406 e. The van der Waals surface area contributed by atoms with Gasteiger partial charge >= 0.3 is 6.01 Å². The zero-order chi connectivity index (χ0) is 12.4. The van der Waals surface area contributed by atoms with Crippen molar-refractivity contribution < 1.29 is 4.42 Å². The topological polar surface area (TPSA) is 51.0 Å². The molecule has 7 heteroatoms. The van der Waals surface area contributed by atoms with Crippen molar-refractivity contribution in [2.75, 3.05) is 5.32 Å². The van der Waals surface area contributed by atoms with Gasteiger partial charge in [0.15, 0.2) is 0 Å². The summed E-state index contributed by atoms with van der Waals surface area (Å²) in [5.74, 6) is 0.340. The second-order valence-corrected chi connectivity index (χ2v) is 4.73. The maximum Gasteiger partial charge on any atom is 0.320 e. The Hall–Kier alpha value is -0.970. The number of rotatable bonds is 3. The Morgan fingerprint density at radius 3 is 2.71 bits per heavy atom. The highest BCUT2D eigenvalue weighted by atomic mass is 35.5. The van der Waals surface area contributed by atoms with Gasteiger partial charge in [-0.3, -0.25) is 0 Å². The number of halogens is 3. The van der Waals surface area contributed by atoms with E-state index >= 15 is 0 Å². The maximum atomic E-state index is 6.00. The van der Waals surface area contributed by atoms with Crippen molar-refractivity contribution in [1.29, 1.82) is 0 Å². The third-order valence-corrected chi connectivity index (χ3v) is 2.98. The van der Waals surface area contributed by atoms with Crippen molar-refractivity contribution in [2.24, 2.45) is 0 Å². The predicted molar refractivity (Wildman–Crippen MR) is 68.3 cm³/mol. The van der Waals surface area contributed by atoms with Gasteiger partial charge in [0.05, 0.1) is 15.7 Å². The van der Waals surface area contributed by atoms with Crippen LogP contribution in [0.5, 0.6) is 0 Å². The van der Waals surface area contributed by atoms with E-state index in [0.717, 1.165) is 0 Å². The minimum atomic E-state index is -0.340. The number of hydrogen-bond donors (Lipinski definition) is 1. The minimum Gasteiger partial charge on any atom is -0.406 e. The Bertz CT molecular complexity index is 527. The molecule has 0 fully saturated rings. The molecule has 0 radical (unpaired) electrons. The van der Waals surface area contributed by atoms with Crippen LogP contribution in [0.3, 0.4) is 0 Å². The number of alkyl halides is 1. The molecule has 0 aliphatic rings. The first kappa shape index (κ1) is 12.5. The van der Waals surface area contributed by atoms with Gasteiger partial charge in [-0.1, -0.05) is 34.4 Å². The first-order valence-corrected chi connectivity index (χ1v) is 5.95. The van der Waals surface area contributed by atoms with Gasteiger partial charge in [0.25, 0.3) is 0 Å². The maximum absolute atomic E-state index is 6.00. The molecule has 1 unspecified atom stereocenters. The second kappa shape index (κ2) is 5.12. The molecule has 0 saturated carbocycles. The Kier molecular flexibility index (Phi) is 3.76. The van der Waals surface area contributed by atoms with Crippen molar-refractivity contribution in [1.82, 2.24) is 10.2 Å². The van der Waals surface area contributed by atoms with Gasteiger partial charge in [-0.15, -0.1) is 16.7 Å². The summed E-state index contributed by atoms with van der Waals surface area (Å²) in [6.07, 6.45) is 0. The number of hydrogen-bond acceptors (Lipinski definition) is 4. The predicted octanol–water partition coefficient (Wildman–Crippen LogP) is 4.42. The second-order valence-electron chi connectivity index (χ2n) is 3.29. The van der Waals surface area contributed by atoms with Crippen molar-refractivity contribution in [3.8, 4) is 0 Å². The van der Waals surface area contributed by atoms with E-state index in [2.05, 4.69) is 15.5 Å². The standard InChI is InChI=1S/C10H8Cl3N3O/c1-5(11)9-15-16-10(17-9)14-7-4-2-3-6(12)8(7)13/h2-5H,1H3,(H,14,16). The van der Waals surface area contributed by atoms with Crippen LogP contribution in [0.25, 0.3) is 0 Å². The summed E-state index contributed by atoms with van der Waals surface area (Å²) in [7, 11) is 0. The van der Waals surface area contributed by atoms with E-state index in [1.54, 1.807) is 25.1 Å². The molecule has 4 nitrogen and oxygen atoms in total. The van der Waals surface area contributed by atoms with Crippen LogP contribution in [0.15, 0.2) is 22.6 Å². The zero-order valence-electron chi connectivity index (χ0n) is 8.75. The summed E-state index contributed by atoms with van der Waals surface area (Å²) >= 11 is 17.7. The third-order valence-electron chi connectivity index (χ3n) is 1.97. The molecule has 1 aromatic heterocycles. The Morgan fingerprint density at radius 1 is 1.29 bits per heavy atom. The molecule has 0 bridgehead atoms. The first-order chi connectivity index (χ1) is 8.08. The number of benzene rings is 1. The van der Waals surface area contributed by atoms with Crippen molar-refractivity contribution >= 4 is 46.5 Å². The average Bonchev–Trinajstić information content (AvgIpc) is 2.73. The molecule has 0 aliphatic heterocycles. The van der Waals surface area contributed by atoms with E-state index in [0.29, 0.717) is 21.6 Å². The van der Waals surface area contributed by atoms with E-state index in [1.165, 1.54) is 0 Å². The van der Waals surface area contributed by atoms with Crippen LogP contribution < -0.4 is 5.32 Å². The lowest BCUT2D eigenvalue weighted by Crippen LogP contribution is -1.91. The highest BCUT2D eigenvalue weighted by Crippen LogP contribution is 2.31. The number of nitrogens with one attached hydrogen (secondary N) is 1. The van der Waals surface area contributed by atoms with E-state index in [1.807, 2.05) is 0 Å². The van der Waals surface area contributed by atoms with E-state index < -0.39 is 0 Å². The first-order valence-electron chi connectivity index (χ1n) is 4.76. The monoisotopic (exact) mass is 291 g/mol. The Labute approximate surface area is 113 Å². The molecule has 0 saturated heterocycles. The van der Waals surface area contributed by atoms with E-state index in [-0.39, 0.29) is 11.4 Å². The summed E-state index contributed by atoms with van der Waals surface area (Å²) in [6.45, 7) is 1.74. The van der Waals surface area contributed by atoms with Crippen molar-refractivity contribution in [3.05, 3.63) is 34.1 Å². The average molecular weight is 293 g/mol. The van der Waals surface area contributed by atoms with Crippen LogP contribution in [0.4, 0.5) is 11.7 Å². The SMILES string of the molecule is CC(Cl)c1nnc(Nc2cccc(Cl)c2Cl)o1. The van der Waals surface area contributed by atoms with Gasteiger partial charge in [-0.25, -0.2) is 0 Å². The fourth-order valence-corrected chi connectivity index (χ4v) is 1.60. The third kappa shape index (κ3) is 2.83. The quantitative estimate of drug-likeness (QED) is 0.851. The Morgan fingerprint density at radius 2 is 2.06 bits per heavy atom. The molecule has 1 N–H and O–H groups in total. The molecule has 2 aromatic rings. The highest BCUT2D eigenvalue weighted by molar-refractivity contribution is 6.43. The summed E-state index contributed by atoms with van der Waals surface area (Å²) in [5.41, 5.74) is 0.594. The normalized spacial score (nSPS) is 12.5. The molecule has 2 rings (SSSR count). The molecule has 17 heavy (non-hydrogen) atoms.